The number of aromatic nitrogens is 1. The molecule has 4 nitrogen and oxygen atoms in total. The Bertz CT molecular complexity index is 576. The van der Waals surface area contributed by atoms with Crippen LogP contribution in [0.4, 0.5) is 17.6 Å². The second kappa shape index (κ2) is 5.63. The number of hydrogen-bond donors (Lipinski definition) is 0. The van der Waals surface area contributed by atoms with Crippen molar-refractivity contribution in [1.82, 2.24) is 4.98 Å². The molecule has 0 saturated carbocycles. The Morgan fingerprint density at radius 2 is 1.70 bits per heavy atom. The molecule has 0 unspecified atom stereocenters. The van der Waals surface area contributed by atoms with Crippen molar-refractivity contribution in [3.63, 3.8) is 0 Å². The fraction of sp³-hybridized carbons (Fsp3) is 0.643. The molecule has 1 atom stereocenters. The summed E-state index contributed by atoms with van der Waals surface area (Å²) in [6, 6.07) is 1.01. The van der Waals surface area contributed by atoms with Gasteiger partial charge in [-0.1, -0.05) is 0 Å². The fourth-order valence-corrected chi connectivity index (χ4v) is 1.87. The number of halogens is 4. The lowest BCUT2D eigenvalue weighted by atomic mass is 9.80. The van der Waals surface area contributed by atoms with Gasteiger partial charge in [-0.3, -0.25) is 0 Å². The second-order valence-electron chi connectivity index (χ2n) is 6.45. The SMILES string of the molecule is C[C@@H](Oc1ncc(B2OC(C)(C)C(C)(C)O2)cc1F)C(F)(F)F. The minimum absolute atomic E-state index is 0.271. The van der Waals surface area contributed by atoms with E-state index >= 15 is 0 Å². The summed E-state index contributed by atoms with van der Waals surface area (Å²) in [7, 11) is -0.851. The van der Waals surface area contributed by atoms with Crippen LogP contribution in [0.5, 0.6) is 5.88 Å². The summed E-state index contributed by atoms with van der Waals surface area (Å²) in [6.45, 7) is 8.11. The zero-order valence-corrected chi connectivity index (χ0v) is 13.5. The molecule has 1 aromatic rings. The summed E-state index contributed by atoms with van der Waals surface area (Å²) in [5, 5.41) is 0. The molecule has 0 aliphatic carbocycles. The van der Waals surface area contributed by atoms with Gasteiger partial charge < -0.3 is 14.0 Å². The molecule has 0 spiro atoms. The minimum atomic E-state index is -4.60. The van der Waals surface area contributed by atoms with Crippen molar-refractivity contribution in [2.24, 2.45) is 0 Å². The number of rotatable bonds is 3. The van der Waals surface area contributed by atoms with Crippen LogP contribution in [0.2, 0.25) is 0 Å². The third-order valence-electron chi connectivity index (χ3n) is 4.10. The maximum absolute atomic E-state index is 14.0. The second-order valence-corrected chi connectivity index (χ2v) is 6.45. The third kappa shape index (κ3) is 3.60. The van der Waals surface area contributed by atoms with Crippen LogP contribution in [0.15, 0.2) is 12.3 Å². The molecular weight excluding hydrogens is 317 g/mol. The van der Waals surface area contributed by atoms with Crippen LogP contribution in [-0.4, -0.2) is 35.6 Å². The van der Waals surface area contributed by atoms with Gasteiger partial charge in [0, 0.05) is 11.7 Å². The lowest BCUT2D eigenvalue weighted by Gasteiger charge is -2.32. The normalized spacial score (nSPS) is 21.3. The van der Waals surface area contributed by atoms with Gasteiger partial charge in [0.05, 0.1) is 11.2 Å². The number of alkyl halides is 3. The molecule has 0 N–H and O–H groups in total. The highest BCUT2D eigenvalue weighted by atomic mass is 19.4. The molecule has 23 heavy (non-hydrogen) atoms. The van der Waals surface area contributed by atoms with E-state index in [0.29, 0.717) is 0 Å². The molecule has 9 heteroatoms. The molecule has 0 bridgehead atoms. The minimum Gasteiger partial charge on any atom is -0.463 e. The van der Waals surface area contributed by atoms with E-state index in [4.69, 9.17) is 9.31 Å². The molecule has 1 fully saturated rings. The molecule has 1 aliphatic rings. The highest BCUT2D eigenvalue weighted by Gasteiger charge is 2.52. The summed E-state index contributed by atoms with van der Waals surface area (Å²) < 4.78 is 67.3. The first-order valence-corrected chi connectivity index (χ1v) is 7.08. The number of ether oxygens (including phenoxy) is 1. The number of pyridine rings is 1. The van der Waals surface area contributed by atoms with Gasteiger partial charge in [0.1, 0.15) is 0 Å². The van der Waals surface area contributed by atoms with E-state index < -0.39 is 42.3 Å². The summed E-state index contributed by atoms with van der Waals surface area (Å²) in [4.78, 5) is 3.61. The molecule has 0 amide bonds. The molecule has 2 heterocycles. The van der Waals surface area contributed by atoms with Gasteiger partial charge in [-0.2, -0.15) is 13.2 Å². The van der Waals surface area contributed by atoms with Crippen molar-refractivity contribution < 1.29 is 31.6 Å². The van der Waals surface area contributed by atoms with Crippen molar-refractivity contribution in [2.45, 2.75) is 58.1 Å². The first-order valence-electron chi connectivity index (χ1n) is 7.08. The molecule has 128 valence electrons. The number of hydrogen-bond acceptors (Lipinski definition) is 4. The van der Waals surface area contributed by atoms with Crippen molar-refractivity contribution in [3.05, 3.63) is 18.1 Å². The van der Waals surface area contributed by atoms with Gasteiger partial charge in [0.15, 0.2) is 11.9 Å². The Balaban J connectivity index is 2.18. The smallest absolute Gasteiger partial charge is 0.463 e. The molecule has 0 radical (unpaired) electrons. The monoisotopic (exact) mass is 335 g/mol. The van der Waals surface area contributed by atoms with Crippen LogP contribution in [0.25, 0.3) is 0 Å². The van der Waals surface area contributed by atoms with Crippen LogP contribution in [0, 0.1) is 5.82 Å². The van der Waals surface area contributed by atoms with Crippen molar-refractivity contribution in [2.75, 3.05) is 0 Å². The third-order valence-corrected chi connectivity index (χ3v) is 4.10. The van der Waals surface area contributed by atoms with E-state index in [0.717, 1.165) is 13.0 Å². The highest BCUT2D eigenvalue weighted by Crippen LogP contribution is 2.36. The zero-order valence-electron chi connectivity index (χ0n) is 13.5. The van der Waals surface area contributed by atoms with Crippen molar-refractivity contribution >= 4 is 12.6 Å². The Labute approximate surface area is 132 Å². The molecule has 1 aromatic heterocycles. The molecule has 0 aromatic carbocycles. The van der Waals surface area contributed by atoms with E-state index in [-0.39, 0.29) is 5.46 Å². The van der Waals surface area contributed by atoms with E-state index in [1.165, 1.54) is 6.20 Å². The topological polar surface area (TPSA) is 40.6 Å². The quantitative estimate of drug-likeness (QED) is 0.629. The summed E-state index contributed by atoms with van der Waals surface area (Å²) >= 11 is 0. The van der Waals surface area contributed by atoms with Gasteiger partial charge in [-0.15, -0.1) is 0 Å². The zero-order chi connectivity index (χ0) is 17.6. The van der Waals surface area contributed by atoms with E-state index in [1.807, 2.05) is 27.7 Å². The summed E-state index contributed by atoms with van der Waals surface area (Å²) in [5.41, 5.74) is -0.962. The molecule has 1 aliphatic heterocycles. The van der Waals surface area contributed by atoms with Crippen molar-refractivity contribution in [3.8, 4) is 5.88 Å². The van der Waals surface area contributed by atoms with Gasteiger partial charge in [0.2, 0.25) is 0 Å². The average Bonchev–Trinajstić information content (AvgIpc) is 2.59. The molecule has 2 rings (SSSR count). The van der Waals surface area contributed by atoms with Gasteiger partial charge in [-0.25, -0.2) is 9.37 Å². The van der Waals surface area contributed by atoms with Gasteiger partial charge in [0.25, 0.3) is 5.88 Å². The standard InChI is InChI=1S/C14H18BF4NO3/c1-8(14(17,18)19)21-11-10(16)6-9(7-20-11)15-22-12(2,3)13(4,5)23-15/h6-8H,1-5H3/t8-/m1/s1. The van der Waals surface area contributed by atoms with Crippen LogP contribution < -0.4 is 10.2 Å². The Hall–Kier alpha value is -1.35. The van der Waals surface area contributed by atoms with E-state index in [2.05, 4.69) is 9.72 Å². The summed E-state index contributed by atoms with van der Waals surface area (Å²) in [6.07, 6.45) is -5.57. The van der Waals surface area contributed by atoms with Crippen LogP contribution in [-0.2, 0) is 9.31 Å². The predicted molar refractivity (Wildman–Crippen MR) is 76.1 cm³/mol. The van der Waals surface area contributed by atoms with Gasteiger partial charge >= 0.3 is 13.3 Å². The maximum atomic E-state index is 14.0. The average molecular weight is 335 g/mol. The summed E-state index contributed by atoms with van der Waals surface area (Å²) in [5.74, 6) is -1.72. The van der Waals surface area contributed by atoms with Gasteiger partial charge in [-0.05, 0) is 40.7 Å². The van der Waals surface area contributed by atoms with Crippen LogP contribution in [0.1, 0.15) is 34.6 Å². The van der Waals surface area contributed by atoms with E-state index in [1.54, 1.807) is 0 Å². The largest absolute Gasteiger partial charge is 0.496 e. The highest BCUT2D eigenvalue weighted by molar-refractivity contribution is 6.62. The predicted octanol–water partition coefficient (Wildman–Crippen LogP) is 2.85. The van der Waals surface area contributed by atoms with E-state index in [9.17, 15) is 17.6 Å². The van der Waals surface area contributed by atoms with Crippen molar-refractivity contribution in [1.29, 1.82) is 0 Å². The Morgan fingerprint density at radius 1 is 1.17 bits per heavy atom. The van der Waals surface area contributed by atoms with Crippen LogP contribution >= 0.6 is 0 Å². The Kier molecular flexibility index (Phi) is 4.40. The Morgan fingerprint density at radius 3 is 2.13 bits per heavy atom. The lowest BCUT2D eigenvalue weighted by Crippen LogP contribution is -2.41. The maximum Gasteiger partial charge on any atom is 0.496 e. The van der Waals surface area contributed by atoms with Crippen LogP contribution in [0.3, 0.4) is 0 Å². The first kappa shape index (κ1) is 18.0. The first-order chi connectivity index (χ1) is 10.3. The lowest BCUT2D eigenvalue weighted by molar-refractivity contribution is -0.190. The fourth-order valence-electron chi connectivity index (χ4n) is 1.87. The molecule has 1 saturated heterocycles. The molecular formula is C14H18BF4NO3. The number of nitrogens with zero attached hydrogens (tertiary/aromatic N) is 1.